The minimum Gasteiger partial charge on any atom is -0.474 e. The first-order valence-electron chi connectivity index (χ1n) is 6.25. The number of fused-ring (bicyclic) bond motifs is 1. The van der Waals surface area contributed by atoms with Crippen molar-refractivity contribution >= 4 is 22.6 Å². The van der Waals surface area contributed by atoms with Gasteiger partial charge in [0.25, 0.3) is 0 Å². The molecule has 18 heavy (non-hydrogen) atoms. The zero-order chi connectivity index (χ0) is 12.5. The van der Waals surface area contributed by atoms with Gasteiger partial charge in [0.2, 0.25) is 11.2 Å². The van der Waals surface area contributed by atoms with Crippen molar-refractivity contribution in [3.05, 3.63) is 11.5 Å². The van der Waals surface area contributed by atoms with Crippen LogP contribution in [0.1, 0.15) is 32.6 Å². The van der Waals surface area contributed by atoms with Gasteiger partial charge in [0, 0.05) is 0 Å². The first-order chi connectivity index (χ1) is 8.72. The lowest BCUT2D eigenvalue weighted by Crippen LogP contribution is -2.24. The molecule has 6 heteroatoms. The van der Waals surface area contributed by atoms with Gasteiger partial charge in [-0.15, -0.1) is 0 Å². The lowest BCUT2D eigenvalue weighted by molar-refractivity contribution is 0.126. The summed E-state index contributed by atoms with van der Waals surface area (Å²) in [6.45, 7) is 2.26. The minimum atomic E-state index is 0.186. The number of aromatic amines is 1. The smallest absolute Gasteiger partial charge is 0.229 e. The summed E-state index contributed by atoms with van der Waals surface area (Å²) in [5.74, 6) is 1.25. The number of hydrogen-bond acceptors (Lipinski definition) is 4. The largest absolute Gasteiger partial charge is 0.474 e. The Morgan fingerprint density at radius 3 is 3.11 bits per heavy atom. The summed E-state index contributed by atoms with van der Waals surface area (Å²) in [5.41, 5.74) is 0.619. The molecule has 2 aromatic heterocycles. The van der Waals surface area contributed by atoms with Crippen LogP contribution in [0.5, 0.6) is 5.88 Å². The third kappa shape index (κ3) is 2.27. The molecule has 0 amide bonds. The fourth-order valence-corrected chi connectivity index (χ4v) is 2.68. The van der Waals surface area contributed by atoms with E-state index < -0.39 is 0 Å². The molecule has 2 unspecified atom stereocenters. The summed E-state index contributed by atoms with van der Waals surface area (Å²) in [5, 5.41) is 7.70. The summed E-state index contributed by atoms with van der Waals surface area (Å²) in [4.78, 5) is 8.23. The molecule has 1 aliphatic carbocycles. The van der Waals surface area contributed by atoms with E-state index in [1.165, 1.54) is 12.8 Å². The molecule has 0 bridgehead atoms. The lowest BCUT2D eigenvalue weighted by Gasteiger charge is -2.26. The van der Waals surface area contributed by atoms with Crippen molar-refractivity contribution < 1.29 is 4.74 Å². The first kappa shape index (κ1) is 11.7. The Balaban J connectivity index is 1.87. The average Bonchev–Trinajstić information content (AvgIpc) is 2.77. The second-order valence-electron chi connectivity index (χ2n) is 4.94. The van der Waals surface area contributed by atoms with Gasteiger partial charge in [-0.25, -0.2) is 0 Å². The van der Waals surface area contributed by atoms with Crippen molar-refractivity contribution in [2.24, 2.45) is 5.92 Å². The minimum absolute atomic E-state index is 0.186. The summed E-state index contributed by atoms with van der Waals surface area (Å²) < 4.78 is 5.98. The number of ether oxygens (including phenoxy) is 1. The highest BCUT2D eigenvalue weighted by molar-refractivity contribution is 6.28. The van der Waals surface area contributed by atoms with Crippen molar-refractivity contribution in [3.63, 3.8) is 0 Å². The van der Waals surface area contributed by atoms with E-state index in [2.05, 4.69) is 27.1 Å². The monoisotopic (exact) mass is 266 g/mol. The van der Waals surface area contributed by atoms with Gasteiger partial charge in [0.1, 0.15) is 11.5 Å². The van der Waals surface area contributed by atoms with Gasteiger partial charge < -0.3 is 4.74 Å². The van der Waals surface area contributed by atoms with Crippen LogP contribution in [0.2, 0.25) is 5.28 Å². The fraction of sp³-hybridized carbons (Fsp3) is 0.583. The normalized spacial score (nSPS) is 24.3. The summed E-state index contributed by atoms with van der Waals surface area (Å²) >= 11 is 5.88. The van der Waals surface area contributed by atoms with Gasteiger partial charge in [-0.05, 0) is 36.8 Å². The maximum absolute atomic E-state index is 5.98. The van der Waals surface area contributed by atoms with E-state index >= 15 is 0 Å². The molecule has 96 valence electrons. The summed E-state index contributed by atoms with van der Waals surface area (Å²) in [7, 11) is 0. The van der Waals surface area contributed by atoms with Crippen molar-refractivity contribution in [1.29, 1.82) is 0 Å². The Bertz CT molecular complexity index is 556. The predicted molar refractivity (Wildman–Crippen MR) is 68.7 cm³/mol. The number of nitrogens with one attached hydrogen (secondary N) is 1. The highest BCUT2D eigenvalue weighted by Crippen LogP contribution is 2.29. The Labute approximate surface area is 110 Å². The molecule has 0 spiro atoms. The van der Waals surface area contributed by atoms with Crippen LogP contribution in [0, 0.1) is 5.92 Å². The number of hydrogen-bond donors (Lipinski definition) is 1. The number of rotatable bonds is 2. The van der Waals surface area contributed by atoms with Crippen LogP contribution in [0.4, 0.5) is 0 Å². The average molecular weight is 267 g/mol. The maximum Gasteiger partial charge on any atom is 0.229 e. The zero-order valence-electron chi connectivity index (χ0n) is 10.2. The molecular weight excluding hydrogens is 252 g/mol. The Kier molecular flexibility index (Phi) is 3.07. The van der Waals surface area contributed by atoms with Crippen molar-refractivity contribution in [2.75, 3.05) is 0 Å². The molecule has 1 fully saturated rings. The molecule has 1 N–H and O–H groups in total. The second kappa shape index (κ2) is 4.72. The molecule has 2 heterocycles. The molecular formula is C12H15ClN4O. The topological polar surface area (TPSA) is 63.7 Å². The standard InChI is InChI=1S/C12H15ClN4O/c1-7-3-2-4-8(5-7)18-11-9-6-14-17-10(9)15-12(13)16-11/h6-8H,2-5H2,1H3,(H,14,15,16,17). The molecule has 5 nitrogen and oxygen atoms in total. The van der Waals surface area contributed by atoms with E-state index in [0.717, 1.165) is 18.2 Å². The van der Waals surface area contributed by atoms with Crippen molar-refractivity contribution in [2.45, 2.75) is 38.7 Å². The second-order valence-corrected chi connectivity index (χ2v) is 5.28. The molecule has 0 aliphatic heterocycles. The molecule has 1 saturated carbocycles. The number of aromatic nitrogens is 4. The van der Waals surface area contributed by atoms with Crippen LogP contribution >= 0.6 is 11.6 Å². The Morgan fingerprint density at radius 2 is 2.28 bits per heavy atom. The van der Waals surface area contributed by atoms with Crippen molar-refractivity contribution in [3.8, 4) is 5.88 Å². The molecule has 3 rings (SSSR count). The van der Waals surface area contributed by atoms with E-state index in [-0.39, 0.29) is 11.4 Å². The van der Waals surface area contributed by atoms with Gasteiger partial charge >= 0.3 is 0 Å². The number of H-pyrrole nitrogens is 1. The van der Waals surface area contributed by atoms with E-state index in [0.29, 0.717) is 17.4 Å². The third-order valence-electron chi connectivity index (χ3n) is 3.41. The van der Waals surface area contributed by atoms with Gasteiger partial charge in [0.15, 0.2) is 5.65 Å². The molecule has 2 atom stereocenters. The van der Waals surface area contributed by atoms with Crippen LogP contribution in [0.15, 0.2) is 6.20 Å². The molecule has 0 saturated heterocycles. The van der Waals surface area contributed by atoms with E-state index in [1.54, 1.807) is 6.20 Å². The Morgan fingerprint density at radius 1 is 1.39 bits per heavy atom. The molecule has 1 aliphatic rings. The van der Waals surface area contributed by atoms with Gasteiger partial charge in [-0.1, -0.05) is 13.3 Å². The van der Waals surface area contributed by atoms with Crippen LogP contribution in [0.3, 0.4) is 0 Å². The molecule has 2 aromatic rings. The highest BCUT2D eigenvalue weighted by Gasteiger charge is 2.22. The maximum atomic E-state index is 5.98. The van der Waals surface area contributed by atoms with Crippen molar-refractivity contribution in [1.82, 2.24) is 20.2 Å². The predicted octanol–water partition coefficient (Wildman–Crippen LogP) is 2.96. The van der Waals surface area contributed by atoms with E-state index in [9.17, 15) is 0 Å². The SMILES string of the molecule is CC1CCCC(Oc2nc(Cl)nc3[nH]ncc23)C1. The van der Waals surface area contributed by atoms with Crippen LogP contribution in [-0.4, -0.2) is 26.3 Å². The van der Waals surface area contributed by atoms with E-state index in [1.807, 2.05) is 0 Å². The summed E-state index contributed by atoms with van der Waals surface area (Å²) in [6, 6.07) is 0. The van der Waals surface area contributed by atoms with E-state index in [4.69, 9.17) is 16.3 Å². The Hall–Kier alpha value is -1.36. The quantitative estimate of drug-likeness (QED) is 0.849. The molecule has 0 aromatic carbocycles. The summed E-state index contributed by atoms with van der Waals surface area (Å²) in [6.07, 6.45) is 6.53. The number of nitrogens with zero attached hydrogens (tertiary/aromatic N) is 3. The van der Waals surface area contributed by atoms with Crippen LogP contribution in [-0.2, 0) is 0 Å². The van der Waals surface area contributed by atoms with Gasteiger partial charge in [-0.3, -0.25) is 5.10 Å². The third-order valence-corrected chi connectivity index (χ3v) is 3.58. The lowest BCUT2D eigenvalue weighted by atomic mass is 9.89. The van der Waals surface area contributed by atoms with Gasteiger partial charge in [-0.2, -0.15) is 15.1 Å². The van der Waals surface area contributed by atoms with Gasteiger partial charge in [0.05, 0.1) is 6.20 Å². The fourth-order valence-electron chi connectivity index (χ4n) is 2.52. The van der Waals surface area contributed by atoms with Crippen LogP contribution in [0.25, 0.3) is 11.0 Å². The number of halogens is 1. The molecule has 0 radical (unpaired) electrons. The first-order valence-corrected chi connectivity index (χ1v) is 6.63. The van der Waals surface area contributed by atoms with Crippen LogP contribution < -0.4 is 4.74 Å². The zero-order valence-corrected chi connectivity index (χ0v) is 10.9. The highest BCUT2D eigenvalue weighted by atomic mass is 35.5.